The molecule has 120 valence electrons. The molecule has 2 unspecified atom stereocenters. The van der Waals surface area contributed by atoms with Crippen molar-refractivity contribution >= 4 is 22.6 Å². The molecule has 0 aliphatic carbocycles. The summed E-state index contributed by atoms with van der Waals surface area (Å²) in [4.78, 5) is 21.2. The third-order valence-electron chi connectivity index (χ3n) is 3.52. The molecule has 0 aliphatic rings. The van der Waals surface area contributed by atoms with Crippen molar-refractivity contribution in [2.75, 3.05) is 5.73 Å². The number of carboxylic acid groups (broad SMARTS) is 1. The lowest BCUT2D eigenvalue weighted by Crippen LogP contribution is -2.36. The summed E-state index contributed by atoms with van der Waals surface area (Å²) < 4.78 is 4.99. The fraction of sp³-hybridized carbons (Fsp3) is 0.375. The first-order valence-corrected chi connectivity index (χ1v) is 7.04. The van der Waals surface area contributed by atoms with Crippen LogP contribution in [-0.4, -0.2) is 17.1 Å². The number of hydrogen-bond acceptors (Lipinski definition) is 5. The lowest BCUT2D eigenvalue weighted by Gasteiger charge is -2.11. The molecule has 2 aromatic rings. The fourth-order valence-corrected chi connectivity index (χ4v) is 1.84. The highest BCUT2D eigenvalue weighted by molar-refractivity contribution is 5.82. The quantitative estimate of drug-likeness (QED) is 0.590. The van der Waals surface area contributed by atoms with E-state index in [-0.39, 0.29) is 11.5 Å². The maximum absolute atomic E-state index is 11.0. The van der Waals surface area contributed by atoms with Crippen LogP contribution in [0.5, 0.6) is 0 Å². The molecule has 6 nitrogen and oxygen atoms in total. The van der Waals surface area contributed by atoms with Crippen LogP contribution in [0.3, 0.4) is 0 Å². The highest BCUT2D eigenvalue weighted by Crippen LogP contribution is 2.18. The average molecular weight is 306 g/mol. The van der Waals surface area contributed by atoms with E-state index in [9.17, 15) is 9.59 Å². The van der Waals surface area contributed by atoms with Crippen molar-refractivity contribution in [2.24, 2.45) is 11.7 Å². The minimum absolute atomic E-state index is 0.0718. The molecule has 0 radical (unpaired) electrons. The molecule has 0 spiro atoms. The Morgan fingerprint density at radius 2 is 2.00 bits per heavy atom. The lowest BCUT2D eigenvalue weighted by molar-refractivity contribution is -0.139. The van der Waals surface area contributed by atoms with Crippen molar-refractivity contribution in [2.45, 2.75) is 33.2 Å². The zero-order valence-corrected chi connectivity index (χ0v) is 13.0. The number of fused-ring (bicyclic) bond motifs is 1. The Morgan fingerprint density at radius 1 is 1.36 bits per heavy atom. The molecule has 0 aliphatic heterocycles. The van der Waals surface area contributed by atoms with Crippen molar-refractivity contribution in [3.05, 3.63) is 40.2 Å². The first-order valence-electron chi connectivity index (χ1n) is 7.04. The molecule has 2 atom stereocenters. The molecule has 5 N–H and O–H groups in total. The predicted molar refractivity (Wildman–Crippen MR) is 86.7 cm³/mol. The van der Waals surface area contributed by atoms with Crippen LogP contribution in [0.25, 0.3) is 11.0 Å². The number of carboxylic acids is 1. The molecule has 2 rings (SSSR count). The van der Waals surface area contributed by atoms with E-state index in [4.69, 9.17) is 21.0 Å². The van der Waals surface area contributed by atoms with Crippen molar-refractivity contribution in [3.63, 3.8) is 0 Å². The molecule has 0 fully saturated rings. The summed E-state index contributed by atoms with van der Waals surface area (Å²) >= 11 is 0. The molecule has 22 heavy (non-hydrogen) atoms. The monoisotopic (exact) mass is 306 g/mol. The van der Waals surface area contributed by atoms with Gasteiger partial charge in [-0.3, -0.25) is 4.79 Å². The van der Waals surface area contributed by atoms with Crippen LogP contribution in [-0.2, 0) is 4.79 Å². The molecule has 1 aromatic carbocycles. The van der Waals surface area contributed by atoms with Gasteiger partial charge in [0.15, 0.2) is 0 Å². The van der Waals surface area contributed by atoms with Gasteiger partial charge in [0.1, 0.15) is 11.6 Å². The third-order valence-corrected chi connectivity index (χ3v) is 3.52. The SMILES string of the molecule is CCC(C)C(N)C(=O)O.Cc1cc(=O)oc2cc(N)ccc12. The van der Waals surface area contributed by atoms with Gasteiger partial charge in [0.25, 0.3) is 0 Å². The number of aliphatic carboxylic acids is 1. The number of rotatable bonds is 3. The molecule has 6 heteroatoms. The van der Waals surface area contributed by atoms with Gasteiger partial charge >= 0.3 is 11.6 Å². The van der Waals surface area contributed by atoms with Crippen molar-refractivity contribution in [1.82, 2.24) is 0 Å². The first kappa shape index (κ1) is 17.7. The van der Waals surface area contributed by atoms with Crippen molar-refractivity contribution < 1.29 is 14.3 Å². The summed E-state index contributed by atoms with van der Waals surface area (Å²) in [5.74, 6) is -0.841. The molecule has 0 saturated carbocycles. The second kappa shape index (κ2) is 7.61. The van der Waals surface area contributed by atoms with Gasteiger partial charge in [-0.25, -0.2) is 4.79 Å². The topological polar surface area (TPSA) is 120 Å². The number of nitrogens with two attached hydrogens (primary N) is 2. The van der Waals surface area contributed by atoms with Crippen molar-refractivity contribution in [1.29, 1.82) is 0 Å². The standard InChI is InChI=1S/C10H9NO2.C6H13NO2/c1-6-4-10(12)13-9-5-7(11)2-3-8(6)9;1-3-4(2)5(7)6(8)9/h2-5H,11H2,1H3;4-5H,3,7H2,1-2H3,(H,8,9). The third kappa shape index (κ3) is 4.60. The molecule has 0 amide bonds. The maximum atomic E-state index is 11.0. The van der Waals surface area contributed by atoms with Gasteiger partial charge in [-0.15, -0.1) is 0 Å². The van der Waals surface area contributed by atoms with Gasteiger partial charge in [-0.2, -0.15) is 0 Å². The molecule has 1 aromatic heterocycles. The zero-order chi connectivity index (χ0) is 16.9. The Balaban J connectivity index is 0.000000239. The Kier molecular flexibility index (Phi) is 6.12. The lowest BCUT2D eigenvalue weighted by atomic mass is 10.0. The second-order valence-corrected chi connectivity index (χ2v) is 5.25. The van der Waals surface area contributed by atoms with Crippen LogP contribution in [0.15, 0.2) is 33.5 Å². The number of nitrogen functional groups attached to an aromatic ring is 1. The summed E-state index contributed by atoms with van der Waals surface area (Å²) in [5, 5.41) is 9.28. The smallest absolute Gasteiger partial charge is 0.336 e. The summed E-state index contributed by atoms with van der Waals surface area (Å²) in [6.07, 6.45) is 0.813. The summed E-state index contributed by atoms with van der Waals surface area (Å²) in [6.45, 7) is 5.63. The largest absolute Gasteiger partial charge is 0.480 e. The number of benzene rings is 1. The Labute approximate surface area is 128 Å². The van der Waals surface area contributed by atoms with Crippen molar-refractivity contribution in [3.8, 4) is 0 Å². The molecule has 0 saturated heterocycles. The van der Waals surface area contributed by atoms with Crippen LogP contribution in [0, 0.1) is 12.8 Å². The maximum Gasteiger partial charge on any atom is 0.336 e. The van der Waals surface area contributed by atoms with E-state index in [2.05, 4.69) is 0 Å². The number of carbonyl (C=O) groups is 1. The minimum atomic E-state index is -0.913. The van der Waals surface area contributed by atoms with Gasteiger partial charge in [0.05, 0.1) is 0 Å². The normalized spacial score (nSPS) is 13.1. The van der Waals surface area contributed by atoms with Crippen LogP contribution < -0.4 is 17.1 Å². The molecular formula is C16H22N2O4. The van der Waals surface area contributed by atoms with E-state index in [1.807, 2.05) is 26.8 Å². The van der Waals surface area contributed by atoms with E-state index >= 15 is 0 Å². The Morgan fingerprint density at radius 3 is 2.50 bits per heavy atom. The Hall–Kier alpha value is -2.34. The summed E-state index contributed by atoms with van der Waals surface area (Å²) in [5.41, 5.74) is 12.5. The summed E-state index contributed by atoms with van der Waals surface area (Å²) in [7, 11) is 0. The number of hydrogen-bond donors (Lipinski definition) is 3. The van der Waals surface area contributed by atoms with E-state index in [1.165, 1.54) is 6.07 Å². The number of anilines is 1. The van der Waals surface area contributed by atoms with Crippen LogP contribution >= 0.6 is 0 Å². The van der Waals surface area contributed by atoms with Crippen LogP contribution in [0.4, 0.5) is 5.69 Å². The molecule has 1 heterocycles. The number of aryl methyl sites for hydroxylation is 1. The molecule has 0 bridgehead atoms. The van der Waals surface area contributed by atoms with Gasteiger partial charge in [0, 0.05) is 23.2 Å². The van der Waals surface area contributed by atoms with Gasteiger partial charge < -0.3 is 21.0 Å². The van der Waals surface area contributed by atoms with Crippen LogP contribution in [0.1, 0.15) is 25.8 Å². The second-order valence-electron chi connectivity index (χ2n) is 5.25. The van der Waals surface area contributed by atoms with Gasteiger partial charge in [-0.1, -0.05) is 20.3 Å². The fourth-order valence-electron chi connectivity index (χ4n) is 1.84. The van der Waals surface area contributed by atoms with E-state index in [0.29, 0.717) is 11.3 Å². The van der Waals surface area contributed by atoms with Gasteiger partial charge in [0.2, 0.25) is 0 Å². The highest BCUT2D eigenvalue weighted by Gasteiger charge is 2.17. The summed E-state index contributed by atoms with van der Waals surface area (Å²) in [6, 6.07) is 6.07. The Bertz CT molecular complexity index is 709. The highest BCUT2D eigenvalue weighted by atomic mass is 16.4. The van der Waals surface area contributed by atoms with Crippen LogP contribution in [0.2, 0.25) is 0 Å². The predicted octanol–water partition coefficient (Wildman–Crippen LogP) is 2.13. The first-order chi connectivity index (χ1) is 10.3. The average Bonchev–Trinajstić information content (AvgIpc) is 2.45. The van der Waals surface area contributed by atoms with E-state index in [1.54, 1.807) is 12.1 Å². The zero-order valence-electron chi connectivity index (χ0n) is 13.0. The van der Waals surface area contributed by atoms with Gasteiger partial charge in [-0.05, 0) is 30.5 Å². The van der Waals surface area contributed by atoms with E-state index in [0.717, 1.165) is 17.4 Å². The minimum Gasteiger partial charge on any atom is -0.480 e. The van der Waals surface area contributed by atoms with E-state index < -0.39 is 12.0 Å². The molecular weight excluding hydrogens is 284 g/mol.